The predicted molar refractivity (Wildman–Crippen MR) is 72.3 cm³/mol. The van der Waals surface area contributed by atoms with E-state index in [1.165, 1.54) is 42.5 Å². The van der Waals surface area contributed by atoms with Gasteiger partial charge in [0.05, 0.1) is 0 Å². The Bertz CT molecular complexity index is 423. The molecule has 0 saturated carbocycles. The molecule has 0 amide bonds. The van der Waals surface area contributed by atoms with Gasteiger partial charge in [-0.25, -0.2) is 0 Å². The van der Waals surface area contributed by atoms with Gasteiger partial charge in [-0.2, -0.15) is 0 Å². The SMILES string of the molecule is C1=CCC(NCc2cccc3c2NCC3)CC1. The number of allylic oxidation sites excluding steroid dienone is 1. The highest BCUT2D eigenvalue weighted by Crippen LogP contribution is 2.26. The number of para-hydroxylation sites is 1. The molecule has 2 heteroatoms. The van der Waals surface area contributed by atoms with E-state index < -0.39 is 0 Å². The third-order valence-electron chi connectivity index (χ3n) is 3.78. The van der Waals surface area contributed by atoms with Crippen molar-refractivity contribution in [3.63, 3.8) is 0 Å². The fraction of sp³-hybridized carbons (Fsp3) is 0.467. The molecule has 17 heavy (non-hydrogen) atoms. The molecule has 2 aliphatic rings. The summed E-state index contributed by atoms with van der Waals surface area (Å²) in [5.41, 5.74) is 4.29. The van der Waals surface area contributed by atoms with Gasteiger partial charge in [0.15, 0.2) is 0 Å². The lowest BCUT2D eigenvalue weighted by molar-refractivity contribution is 0.475. The summed E-state index contributed by atoms with van der Waals surface area (Å²) < 4.78 is 0. The molecule has 0 radical (unpaired) electrons. The Morgan fingerprint density at radius 2 is 2.29 bits per heavy atom. The molecule has 1 heterocycles. The first-order valence-electron chi connectivity index (χ1n) is 6.66. The summed E-state index contributed by atoms with van der Waals surface area (Å²) in [5, 5.41) is 7.18. The minimum atomic E-state index is 0.664. The van der Waals surface area contributed by atoms with E-state index in [1.807, 2.05) is 0 Å². The van der Waals surface area contributed by atoms with Crippen molar-refractivity contribution in [1.82, 2.24) is 5.32 Å². The zero-order valence-electron chi connectivity index (χ0n) is 10.2. The van der Waals surface area contributed by atoms with Crippen LogP contribution in [0.3, 0.4) is 0 Å². The number of hydrogen-bond acceptors (Lipinski definition) is 2. The Kier molecular flexibility index (Phi) is 3.14. The normalized spacial score (nSPS) is 22.2. The summed E-state index contributed by atoms with van der Waals surface area (Å²) in [5.74, 6) is 0. The van der Waals surface area contributed by atoms with Crippen molar-refractivity contribution in [3.05, 3.63) is 41.5 Å². The molecule has 1 unspecified atom stereocenters. The van der Waals surface area contributed by atoms with Crippen LogP contribution in [0.4, 0.5) is 5.69 Å². The van der Waals surface area contributed by atoms with Crippen LogP contribution < -0.4 is 10.6 Å². The van der Waals surface area contributed by atoms with Gasteiger partial charge in [-0.15, -0.1) is 0 Å². The third-order valence-corrected chi connectivity index (χ3v) is 3.78. The van der Waals surface area contributed by atoms with E-state index in [-0.39, 0.29) is 0 Å². The lowest BCUT2D eigenvalue weighted by Crippen LogP contribution is -2.29. The van der Waals surface area contributed by atoms with Crippen LogP contribution in [-0.2, 0) is 13.0 Å². The summed E-state index contributed by atoms with van der Waals surface area (Å²) in [7, 11) is 0. The first-order chi connectivity index (χ1) is 8.43. The summed E-state index contributed by atoms with van der Waals surface area (Å²) in [4.78, 5) is 0. The van der Waals surface area contributed by atoms with Crippen LogP contribution in [0.1, 0.15) is 30.4 Å². The quantitative estimate of drug-likeness (QED) is 0.777. The van der Waals surface area contributed by atoms with Crippen molar-refractivity contribution in [3.8, 4) is 0 Å². The van der Waals surface area contributed by atoms with E-state index in [0.717, 1.165) is 13.1 Å². The van der Waals surface area contributed by atoms with Gasteiger partial charge >= 0.3 is 0 Å². The molecule has 1 atom stereocenters. The van der Waals surface area contributed by atoms with Crippen molar-refractivity contribution in [1.29, 1.82) is 0 Å². The lowest BCUT2D eigenvalue weighted by atomic mass is 10.0. The van der Waals surface area contributed by atoms with Gasteiger partial charge in [-0.1, -0.05) is 30.4 Å². The summed E-state index contributed by atoms with van der Waals surface area (Å²) in [6.45, 7) is 2.09. The maximum Gasteiger partial charge on any atom is 0.0419 e. The molecule has 2 nitrogen and oxygen atoms in total. The first-order valence-corrected chi connectivity index (χ1v) is 6.66. The average molecular weight is 228 g/mol. The topological polar surface area (TPSA) is 24.1 Å². The van der Waals surface area contributed by atoms with Crippen LogP contribution in [0.25, 0.3) is 0 Å². The van der Waals surface area contributed by atoms with Gasteiger partial charge < -0.3 is 10.6 Å². The molecule has 2 N–H and O–H groups in total. The minimum absolute atomic E-state index is 0.664. The van der Waals surface area contributed by atoms with Crippen LogP contribution in [-0.4, -0.2) is 12.6 Å². The molecule has 0 spiro atoms. The van der Waals surface area contributed by atoms with E-state index in [4.69, 9.17) is 0 Å². The van der Waals surface area contributed by atoms with Crippen LogP contribution >= 0.6 is 0 Å². The highest BCUT2D eigenvalue weighted by molar-refractivity contribution is 5.61. The number of rotatable bonds is 3. The van der Waals surface area contributed by atoms with Crippen molar-refractivity contribution >= 4 is 5.69 Å². The van der Waals surface area contributed by atoms with Crippen molar-refractivity contribution in [2.45, 2.75) is 38.3 Å². The van der Waals surface area contributed by atoms with Gasteiger partial charge in [0.2, 0.25) is 0 Å². The van der Waals surface area contributed by atoms with Crippen molar-refractivity contribution < 1.29 is 0 Å². The fourth-order valence-electron chi connectivity index (χ4n) is 2.79. The fourth-order valence-corrected chi connectivity index (χ4v) is 2.79. The number of hydrogen-bond donors (Lipinski definition) is 2. The largest absolute Gasteiger partial charge is 0.384 e. The van der Waals surface area contributed by atoms with E-state index in [2.05, 4.69) is 41.0 Å². The maximum atomic E-state index is 3.68. The number of anilines is 1. The van der Waals surface area contributed by atoms with Gasteiger partial charge in [0, 0.05) is 24.8 Å². The highest BCUT2D eigenvalue weighted by Gasteiger charge is 2.14. The highest BCUT2D eigenvalue weighted by atomic mass is 14.9. The summed E-state index contributed by atoms with van der Waals surface area (Å²) in [6, 6.07) is 7.33. The van der Waals surface area contributed by atoms with Gasteiger partial charge in [-0.3, -0.25) is 0 Å². The molecule has 90 valence electrons. The second-order valence-corrected chi connectivity index (χ2v) is 4.99. The second-order valence-electron chi connectivity index (χ2n) is 4.99. The predicted octanol–water partition coefficient (Wildman–Crippen LogP) is 2.85. The van der Waals surface area contributed by atoms with Gasteiger partial charge in [0.25, 0.3) is 0 Å². The average Bonchev–Trinajstić information content (AvgIpc) is 2.86. The number of fused-ring (bicyclic) bond motifs is 1. The Balaban J connectivity index is 1.65. The molecule has 3 rings (SSSR count). The number of benzene rings is 1. The molecule has 0 bridgehead atoms. The number of nitrogens with one attached hydrogen (secondary N) is 2. The molecular weight excluding hydrogens is 208 g/mol. The monoisotopic (exact) mass is 228 g/mol. The Labute approximate surface area is 103 Å². The molecular formula is C15H20N2. The van der Waals surface area contributed by atoms with E-state index >= 15 is 0 Å². The van der Waals surface area contributed by atoms with Gasteiger partial charge in [-0.05, 0) is 36.8 Å². The van der Waals surface area contributed by atoms with E-state index in [1.54, 1.807) is 0 Å². The van der Waals surface area contributed by atoms with Crippen LogP contribution in [0, 0.1) is 0 Å². The second kappa shape index (κ2) is 4.92. The van der Waals surface area contributed by atoms with Crippen molar-refractivity contribution in [2.75, 3.05) is 11.9 Å². The molecule has 0 aromatic heterocycles. The third kappa shape index (κ3) is 2.37. The molecule has 1 aromatic carbocycles. The molecule has 1 aliphatic heterocycles. The Morgan fingerprint density at radius 1 is 1.29 bits per heavy atom. The molecule has 1 aromatic rings. The first kappa shape index (κ1) is 10.8. The van der Waals surface area contributed by atoms with Crippen LogP contribution in [0.5, 0.6) is 0 Å². The van der Waals surface area contributed by atoms with Crippen LogP contribution in [0.15, 0.2) is 30.4 Å². The van der Waals surface area contributed by atoms with E-state index in [0.29, 0.717) is 6.04 Å². The molecule has 1 aliphatic carbocycles. The Morgan fingerprint density at radius 3 is 3.18 bits per heavy atom. The molecule has 0 saturated heterocycles. The lowest BCUT2D eigenvalue weighted by Gasteiger charge is -2.20. The zero-order chi connectivity index (χ0) is 11.5. The maximum absolute atomic E-state index is 3.68. The minimum Gasteiger partial charge on any atom is -0.384 e. The van der Waals surface area contributed by atoms with Crippen molar-refractivity contribution in [2.24, 2.45) is 0 Å². The smallest absolute Gasteiger partial charge is 0.0419 e. The molecule has 0 fully saturated rings. The summed E-state index contributed by atoms with van der Waals surface area (Å²) >= 11 is 0. The standard InChI is InChI=1S/C15H20N2/c1-2-7-14(8-3-1)17-11-13-6-4-5-12-9-10-16-15(12)13/h1-2,4-6,14,16-17H,3,7-11H2. The summed E-state index contributed by atoms with van der Waals surface area (Å²) in [6.07, 6.45) is 9.45. The van der Waals surface area contributed by atoms with Gasteiger partial charge in [0.1, 0.15) is 0 Å². The van der Waals surface area contributed by atoms with E-state index in [9.17, 15) is 0 Å². The Hall–Kier alpha value is -1.28. The van der Waals surface area contributed by atoms with Crippen LogP contribution in [0.2, 0.25) is 0 Å². The zero-order valence-corrected chi connectivity index (χ0v) is 10.2.